The number of nitrogens with two attached hydrogens (primary N) is 1. The Hall–Kier alpha value is -1.22. The SMILES string of the molecule is N[C@H]1CCN(S(=O)(=O)c2ccc(Cl)c([N+](=O)[O-])c2)C1. The van der Waals surface area contributed by atoms with Gasteiger partial charge in [-0.2, -0.15) is 4.31 Å². The molecule has 0 amide bonds. The van der Waals surface area contributed by atoms with Gasteiger partial charge in [0, 0.05) is 25.2 Å². The summed E-state index contributed by atoms with van der Waals surface area (Å²) in [5.74, 6) is 0. The van der Waals surface area contributed by atoms with Crippen LogP contribution in [0.25, 0.3) is 0 Å². The van der Waals surface area contributed by atoms with Gasteiger partial charge < -0.3 is 5.73 Å². The number of sulfonamides is 1. The van der Waals surface area contributed by atoms with Crippen molar-refractivity contribution in [1.82, 2.24) is 4.31 Å². The highest BCUT2D eigenvalue weighted by molar-refractivity contribution is 7.89. The zero-order valence-corrected chi connectivity index (χ0v) is 11.4. The van der Waals surface area contributed by atoms with Crippen LogP contribution in [0.3, 0.4) is 0 Å². The molecule has 0 saturated carbocycles. The molecule has 1 aliphatic rings. The fraction of sp³-hybridized carbons (Fsp3) is 0.400. The Morgan fingerprint density at radius 3 is 2.68 bits per heavy atom. The zero-order chi connectivity index (χ0) is 14.2. The Morgan fingerprint density at radius 1 is 1.47 bits per heavy atom. The number of nitrogens with zero attached hydrogens (tertiary/aromatic N) is 2. The van der Waals surface area contributed by atoms with E-state index in [9.17, 15) is 18.5 Å². The largest absolute Gasteiger partial charge is 0.326 e. The quantitative estimate of drug-likeness (QED) is 0.661. The van der Waals surface area contributed by atoms with Gasteiger partial charge in [-0.15, -0.1) is 0 Å². The number of nitro groups is 1. The molecule has 2 rings (SSSR count). The van der Waals surface area contributed by atoms with Crippen LogP contribution in [0.2, 0.25) is 5.02 Å². The van der Waals surface area contributed by atoms with E-state index in [1.54, 1.807) is 0 Å². The maximum Gasteiger partial charge on any atom is 0.289 e. The van der Waals surface area contributed by atoms with Gasteiger partial charge in [0.1, 0.15) is 5.02 Å². The van der Waals surface area contributed by atoms with E-state index in [0.717, 1.165) is 6.07 Å². The van der Waals surface area contributed by atoms with Crippen LogP contribution in [0.4, 0.5) is 5.69 Å². The third-order valence-corrected chi connectivity index (χ3v) is 5.12. The molecule has 0 aromatic heterocycles. The van der Waals surface area contributed by atoms with Crippen LogP contribution >= 0.6 is 11.6 Å². The van der Waals surface area contributed by atoms with Gasteiger partial charge in [-0.1, -0.05) is 11.6 Å². The highest BCUT2D eigenvalue weighted by Crippen LogP contribution is 2.29. The molecule has 9 heteroatoms. The predicted molar refractivity (Wildman–Crippen MR) is 69.5 cm³/mol. The molecule has 1 fully saturated rings. The molecule has 0 aliphatic carbocycles. The van der Waals surface area contributed by atoms with Crippen LogP contribution in [0, 0.1) is 10.1 Å². The van der Waals surface area contributed by atoms with Crippen molar-refractivity contribution in [1.29, 1.82) is 0 Å². The topological polar surface area (TPSA) is 107 Å². The van der Waals surface area contributed by atoms with Crippen molar-refractivity contribution in [2.45, 2.75) is 17.4 Å². The van der Waals surface area contributed by atoms with Crippen LogP contribution in [-0.4, -0.2) is 36.8 Å². The number of halogens is 1. The Labute approximate surface area is 115 Å². The third kappa shape index (κ3) is 2.71. The van der Waals surface area contributed by atoms with E-state index >= 15 is 0 Å². The molecule has 0 radical (unpaired) electrons. The molecule has 1 aromatic rings. The predicted octanol–water partition coefficient (Wildman–Crippen LogP) is 0.970. The number of hydrogen-bond donors (Lipinski definition) is 1. The molecule has 1 saturated heterocycles. The summed E-state index contributed by atoms with van der Waals surface area (Å²) < 4.78 is 25.8. The molecule has 7 nitrogen and oxygen atoms in total. The maximum atomic E-state index is 12.3. The summed E-state index contributed by atoms with van der Waals surface area (Å²) in [6.07, 6.45) is 0.578. The first-order valence-corrected chi connectivity index (χ1v) is 7.34. The highest BCUT2D eigenvalue weighted by Gasteiger charge is 2.32. The van der Waals surface area contributed by atoms with Gasteiger partial charge in [-0.25, -0.2) is 8.42 Å². The van der Waals surface area contributed by atoms with Crippen molar-refractivity contribution in [2.75, 3.05) is 13.1 Å². The number of hydrogen-bond acceptors (Lipinski definition) is 5. The van der Waals surface area contributed by atoms with E-state index in [-0.39, 0.29) is 22.5 Å². The number of benzene rings is 1. The van der Waals surface area contributed by atoms with E-state index in [1.165, 1.54) is 16.4 Å². The zero-order valence-electron chi connectivity index (χ0n) is 9.82. The van der Waals surface area contributed by atoms with E-state index < -0.39 is 20.6 Å². The molecule has 104 valence electrons. The minimum atomic E-state index is -3.75. The van der Waals surface area contributed by atoms with Gasteiger partial charge >= 0.3 is 0 Å². The lowest BCUT2D eigenvalue weighted by Gasteiger charge is -2.15. The van der Waals surface area contributed by atoms with Crippen molar-refractivity contribution in [3.8, 4) is 0 Å². The second-order valence-electron chi connectivity index (χ2n) is 4.28. The molecule has 1 aliphatic heterocycles. The van der Waals surface area contributed by atoms with Gasteiger partial charge in [-0.3, -0.25) is 10.1 Å². The first-order valence-electron chi connectivity index (χ1n) is 5.52. The number of rotatable bonds is 3. The lowest BCUT2D eigenvalue weighted by Crippen LogP contribution is -2.32. The van der Waals surface area contributed by atoms with Crippen molar-refractivity contribution < 1.29 is 13.3 Å². The summed E-state index contributed by atoms with van der Waals surface area (Å²) in [7, 11) is -3.75. The number of nitro benzene ring substituents is 1. The molecule has 0 bridgehead atoms. The average Bonchev–Trinajstić information content (AvgIpc) is 2.76. The molecule has 1 heterocycles. The fourth-order valence-corrected chi connectivity index (χ4v) is 3.63. The smallest absolute Gasteiger partial charge is 0.289 e. The minimum absolute atomic E-state index is 0.0953. The summed E-state index contributed by atoms with van der Waals surface area (Å²) in [5, 5.41) is 10.7. The Bertz CT molecular complexity index is 619. The first-order chi connectivity index (χ1) is 8.82. The van der Waals surface area contributed by atoms with Crippen LogP contribution in [0.1, 0.15) is 6.42 Å². The summed E-state index contributed by atoms with van der Waals surface area (Å²) in [5.41, 5.74) is 5.24. The minimum Gasteiger partial charge on any atom is -0.326 e. The first kappa shape index (κ1) is 14.2. The van der Waals surface area contributed by atoms with Gasteiger partial charge in [0.15, 0.2) is 0 Å². The molecular weight excluding hydrogens is 294 g/mol. The van der Waals surface area contributed by atoms with Crippen molar-refractivity contribution in [3.63, 3.8) is 0 Å². The second-order valence-corrected chi connectivity index (χ2v) is 6.63. The van der Waals surface area contributed by atoms with E-state index in [1.807, 2.05) is 0 Å². The maximum absolute atomic E-state index is 12.3. The van der Waals surface area contributed by atoms with E-state index in [2.05, 4.69) is 0 Å². The summed E-state index contributed by atoms with van der Waals surface area (Å²) in [4.78, 5) is 9.91. The van der Waals surface area contributed by atoms with Crippen LogP contribution in [0.15, 0.2) is 23.1 Å². The molecule has 2 N–H and O–H groups in total. The molecule has 0 spiro atoms. The monoisotopic (exact) mass is 305 g/mol. The molecule has 19 heavy (non-hydrogen) atoms. The van der Waals surface area contributed by atoms with Gasteiger partial charge in [-0.05, 0) is 18.6 Å². The third-order valence-electron chi connectivity index (χ3n) is 2.94. The van der Waals surface area contributed by atoms with Crippen molar-refractivity contribution in [2.24, 2.45) is 5.73 Å². The van der Waals surface area contributed by atoms with Crippen LogP contribution in [0.5, 0.6) is 0 Å². The Balaban J connectivity index is 2.41. The van der Waals surface area contributed by atoms with Gasteiger partial charge in [0.2, 0.25) is 10.0 Å². The van der Waals surface area contributed by atoms with E-state index in [4.69, 9.17) is 17.3 Å². The van der Waals surface area contributed by atoms with E-state index in [0.29, 0.717) is 13.0 Å². The molecular formula is C10H12ClN3O4S. The van der Waals surface area contributed by atoms with Gasteiger partial charge in [0.25, 0.3) is 5.69 Å². The summed E-state index contributed by atoms with van der Waals surface area (Å²) in [6, 6.07) is 3.25. The Kier molecular flexibility index (Phi) is 3.77. The fourth-order valence-electron chi connectivity index (χ4n) is 1.91. The standard InChI is InChI=1S/C10H12ClN3O4S/c11-9-2-1-8(5-10(9)14(15)16)19(17,18)13-4-3-7(12)6-13/h1-2,5,7H,3-4,6,12H2/t7-/m0/s1. The van der Waals surface area contributed by atoms with Crippen molar-refractivity contribution in [3.05, 3.63) is 33.3 Å². The lowest BCUT2D eigenvalue weighted by atomic mass is 10.3. The molecule has 1 aromatic carbocycles. The van der Waals surface area contributed by atoms with Gasteiger partial charge in [0.05, 0.1) is 9.82 Å². The second kappa shape index (κ2) is 5.04. The van der Waals surface area contributed by atoms with Crippen LogP contribution < -0.4 is 5.73 Å². The van der Waals surface area contributed by atoms with Crippen molar-refractivity contribution >= 4 is 27.3 Å². The van der Waals surface area contributed by atoms with Crippen LogP contribution in [-0.2, 0) is 10.0 Å². The normalized spacial score (nSPS) is 20.6. The molecule has 1 atom stereocenters. The summed E-state index contributed by atoms with van der Waals surface area (Å²) >= 11 is 5.65. The lowest BCUT2D eigenvalue weighted by molar-refractivity contribution is -0.384. The Morgan fingerprint density at radius 2 is 2.16 bits per heavy atom. The highest BCUT2D eigenvalue weighted by atomic mass is 35.5. The summed E-state index contributed by atoms with van der Waals surface area (Å²) in [6.45, 7) is 0.540. The average molecular weight is 306 g/mol. The molecule has 0 unspecified atom stereocenters.